The number of fused-ring (bicyclic) bond motifs is 1. The lowest BCUT2D eigenvalue weighted by Crippen LogP contribution is -2.30. The van der Waals surface area contributed by atoms with E-state index < -0.39 is 0 Å². The van der Waals surface area contributed by atoms with Crippen molar-refractivity contribution in [2.75, 3.05) is 18.4 Å². The van der Waals surface area contributed by atoms with Crippen molar-refractivity contribution >= 4 is 40.1 Å². The summed E-state index contributed by atoms with van der Waals surface area (Å²) < 4.78 is 2.13. The first-order chi connectivity index (χ1) is 17.0. The maximum Gasteiger partial charge on any atom is 0.268 e. The maximum absolute atomic E-state index is 13.3. The Balaban J connectivity index is 1.42. The smallest absolute Gasteiger partial charge is 0.268 e. The van der Waals surface area contributed by atoms with Gasteiger partial charge in [0, 0.05) is 35.9 Å². The normalized spacial score (nSPS) is 16.1. The van der Waals surface area contributed by atoms with Gasteiger partial charge < -0.3 is 9.47 Å². The van der Waals surface area contributed by atoms with Gasteiger partial charge in [0.05, 0.1) is 15.9 Å². The molecule has 2 amide bonds. The van der Waals surface area contributed by atoms with Crippen LogP contribution in [0.3, 0.4) is 0 Å². The quantitative estimate of drug-likeness (QED) is 0.381. The van der Waals surface area contributed by atoms with E-state index in [1.807, 2.05) is 60.4 Å². The topological polar surface area (TPSA) is 80.1 Å². The molecule has 35 heavy (non-hydrogen) atoms. The van der Waals surface area contributed by atoms with Crippen molar-refractivity contribution in [2.45, 2.75) is 32.2 Å². The number of amides is 2. The Morgan fingerprint density at radius 1 is 1.14 bits per heavy atom. The molecule has 4 aromatic rings. The lowest BCUT2D eigenvalue weighted by Gasteiger charge is -2.21. The first kappa shape index (κ1) is 23.0. The molecule has 3 aromatic heterocycles. The summed E-state index contributed by atoms with van der Waals surface area (Å²) in [5, 5.41) is 3.07. The van der Waals surface area contributed by atoms with E-state index in [1.165, 1.54) is 17.4 Å². The molecule has 5 rings (SSSR count). The van der Waals surface area contributed by atoms with E-state index >= 15 is 0 Å². The second-order valence-electron chi connectivity index (χ2n) is 8.71. The number of aryl methyl sites for hydroxylation is 1. The Morgan fingerprint density at radius 2 is 2.00 bits per heavy atom. The molecule has 7 nitrogen and oxygen atoms in total. The zero-order chi connectivity index (χ0) is 24.4. The Morgan fingerprint density at radius 3 is 2.83 bits per heavy atom. The van der Waals surface area contributed by atoms with Gasteiger partial charge in [-0.25, -0.2) is 4.98 Å². The summed E-state index contributed by atoms with van der Waals surface area (Å²) in [4.78, 5) is 37.9. The van der Waals surface area contributed by atoms with Crippen molar-refractivity contribution in [3.63, 3.8) is 0 Å². The Kier molecular flexibility index (Phi) is 6.46. The fraction of sp³-hybridized carbons (Fsp3) is 0.259. The van der Waals surface area contributed by atoms with Crippen LogP contribution < -0.4 is 5.32 Å². The van der Waals surface area contributed by atoms with E-state index in [1.54, 1.807) is 6.20 Å². The molecule has 1 fully saturated rings. The molecule has 0 bridgehead atoms. The zero-order valence-electron chi connectivity index (χ0n) is 19.6. The van der Waals surface area contributed by atoms with Crippen LogP contribution in [0.25, 0.3) is 21.5 Å². The third-order valence-corrected chi connectivity index (χ3v) is 7.51. The van der Waals surface area contributed by atoms with E-state index in [0.29, 0.717) is 23.9 Å². The van der Waals surface area contributed by atoms with Gasteiger partial charge >= 0.3 is 0 Å². The SMILES string of the molecule is C=CC(=O)N1CCC[C@@H](n2c(NC(=O)c3ccc(-c4ccnc(C)c4)s3)nc3ccccc32)CC1. The Hall–Kier alpha value is -3.78. The molecule has 178 valence electrons. The predicted octanol–water partition coefficient (Wildman–Crippen LogP) is 5.46. The number of hydrogen-bond acceptors (Lipinski definition) is 5. The van der Waals surface area contributed by atoms with Crippen molar-refractivity contribution in [3.05, 3.63) is 78.0 Å². The van der Waals surface area contributed by atoms with Crippen molar-refractivity contribution in [1.82, 2.24) is 19.4 Å². The number of pyridine rings is 1. The number of carbonyl (C=O) groups is 2. The lowest BCUT2D eigenvalue weighted by molar-refractivity contribution is -0.125. The van der Waals surface area contributed by atoms with Gasteiger partial charge in [-0.15, -0.1) is 11.3 Å². The molecule has 8 heteroatoms. The van der Waals surface area contributed by atoms with E-state index in [0.717, 1.165) is 46.4 Å². The third-order valence-electron chi connectivity index (χ3n) is 6.38. The Bertz CT molecular complexity index is 1410. The summed E-state index contributed by atoms with van der Waals surface area (Å²) >= 11 is 1.45. The van der Waals surface area contributed by atoms with Gasteiger partial charge in [-0.3, -0.25) is 19.9 Å². The number of imidazole rings is 1. The van der Waals surface area contributed by atoms with Gasteiger partial charge in [-0.1, -0.05) is 18.7 Å². The van der Waals surface area contributed by atoms with E-state index in [4.69, 9.17) is 4.98 Å². The van der Waals surface area contributed by atoms with E-state index in [-0.39, 0.29) is 17.9 Å². The molecule has 1 aromatic carbocycles. The van der Waals surface area contributed by atoms with Gasteiger partial charge in [0.1, 0.15) is 0 Å². The van der Waals surface area contributed by atoms with Gasteiger partial charge in [0.15, 0.2) is 0 Å². The van der Waals surface area contributed by atoms with Gasteiger partial charge in [-0.2, -0.15) is 0 Å². The van der Waals surface area contributed by atoms with Crippen LogP contribution in [0.5, 0.6) is 0 Å². The summed E-state index contributed by atoms with van der Waals surface area (Å²) in [6.07, 6.45) is 5.72. The monoisotopic (exact) mass is 485 g/mol. The van der Waals surface area contributed by atoms with E-state index in [9.17, 15) is 9.59 Å². The Labute approximate surface area is 208 Å². The van der Waals surface area contributed by atoms with Crippen LogP contribution in [0.15, 0.2) is 67.4 Å². The molecule has 0 aliphatic carbocycles. The molecule has 0 saturated carbocycles. The molecule has 0 spiro atoms. The molecule has 1 saturated heterocycles. The number of likely N-dealkylation sites (tertiary alicyclic amines) is 1. The number of nitrogens with one attached hydrogen (secondary N) is 1. The average Bonchev–Trinajstić information content (AvgIpc) is 3.42. The van der Waals surface area contributed by atoms with Gasteiger partial charge in [0.2, 0.25) is 11.9 Å². The summed E-state index contributed by atoms with van der Waals surface area (Å²) in [5.41, 5.74) is 3.80. The highest BCUT2D eigenvalue weighted by Crippen LogP contribution is 2.33. The second kappa shape index (κ2) is 9.84. The molecule has 4 heterocycles. The summed E-state index contributed by atoms with van der Waals surface area (Å²) in [6.45, 7) is 6.93. The lowest BCUT2D eigenvalue weighted by atomic mass is 10.1. The number of aromatic nitrogens is 3. The summed E-state index contributed by atoms with van der Waals surface area (Å²) in [5.74, 6) is 0.327. The minimum absolute atomic E-state index is 0.0347. The molecule has 1 N–H and O–H groups in total. The molecule has 1 aliphatic rings. The van der Waals surface area contributed by atoms with Crippen LogP contribution in [-0.4, -0.2) is 44.3 Å². The van der Waals surface area contributed by atoms with Crippen molar-refractivity contribution < 1.29 is 9.59 Å². The predicted molar refractivity (Wildman–Crippen MR) is 140 cm³/mol. The number of para-hydroxylation sites is 2. The van der Waals surface area contributed by atoms with Crippen LogP contribution in [0, 0.1) is 6.92 Å². The minimum Gasteiger partial charge on any atom is -0.339 e. The molecule has 1 atom stereocenters. The van der Waals surface area contributed by atoms with Crippen LogP contribution >= 0.6 is 11.3 Å². The number of benzene rings is 1. The molecule has 0 unspecified atom stereocenters. The highest BCUT2D eigenvalue weighted by molar-refractivity contribution is 7.17. The fourth-order valence-electron chi connectivity index (χ4n) is 4.67. The van der Waals surface area contributed by atoms with Crippen LogP contribution in [0.4, 0.5) is 5.95 Å². The van der Waals surface area contributed by atoms with Crippen LogP contribution in [-0.2, 0) is 4.79 Å². The van der Waals surface area contributed by atoms with E-state index in [2.05, 4.69) is 21.4 Å². The number of thiophene rings is 1. The largest absolute Gasteiger partial charge is 0.339 e. The van der Waals surface area contributed by atoms with Crippen LogP contribution in [0.1, 0.15) is 40.7 Å². The number of anilines is 1. The second-order valence-corrected chi connectivity index (χ2v) is 9.80. The molecular weight excluding hydrogens is 458 g/mol. The van der Waals surface area contributed by atoms with Crippen molar-refractivity contribution in [1.29, 1.82) is 0 Å². The average molecular weight is 486 g/mol. The molecule has 0 radical (unpaired) electrons. The number of rotatable bonds is 5. The first-order valence-corrected chi connectivity index (χ1v) is 12.6. The van der Waals surface area contributed by atoms with Crippen molar-refractivity contribution in [2.24, 2.45) is 0 Å². The van der Waals surface area contributed by atoms with Crippen molar-refractivity contribution in [3.8, 4) is 10.4 Å². The highest BCUT2D eigenvalue weighted by Gasteiger charge is 2.25. The molecular formula is C27H27N5O2S. The molecule has 1 aliphatic heterocycles. The van der Waals surface area contributed by atoms with Gasteiger partial charge in [-0.05, 0) is 74.2 Å². The number of hydrogen-bond donors (Lipinski definition) is 1. The third kappa shape index (κ3) is 4.74. The van der Waals surface area contributed by atoms with Crippen LogP contribution in [0.2, 0.25) is 0 Å². The highest BCUT2D eigenvalue weighted by atomic mass is 32.1. The summed E-state index contributed by atoms with van der Waals surface area (Å²) in [6, 6.07) is 15.8. The fourth-order valence-corrected chi connectivity index (χ4v) is 5.56. The number of carbonyl (C=O) groups excluding carboxylic acids is 2. The van der Waals surface area contributed by atoms with Gasteiger partial charge in [0.25, 0.3) is 5.91 Å². The first-order valence-electron chi connectivity index (χ1n) is 11.8. The standard InChI is InChI=1S/C27H27N5O2S/c1-3-25(33)31-15-6-7-20(13-16-31)32-22-9-5-4-8-21(22)29-27(32)30-26(34)24-11-10-23(35-24)19-12-14-28-18(2)17-19/h3-5,8-12,14,17,20H,1,6-7,13,15-16H2,2H3,(H,29,30,34)/t20-/m1/s1. The zero-order valence-corrected chi connectivity index (χ0v) is 20.4. The minimum atomic E-state index is -0.180. The number of nitrogens with zero attached hydrogens (tertiary/aromatic N) is 4. The maximum atomic E-state index is 13.3. The summed E-state index contributed by atoms with van der Waals surface area (Å²) in [7, 11) is 0.